The maximum atomic E-state index is 17.6. The Kier molecular flexibility index (Phi) is 6.02. The summed E-state index contributed by atoms with van der Waals surface area (Å²) in [6.45, 7) is 9.39. The fraction of sp³-hybridized carbons (Fsp3) is 0.720. The number of rotatable bonds is 5. The zero-order valence-electron chi connectivity index (χ0n) is 19.5. The van der Waals surface area contributed by atoms with E-state index in [2.05, 4.69) is 20.8 Å². The molecule has 3 fully saturated rings. The Balaban J connectivity index is 1.89. The second-order valence-corrected chi connectivity index (χ2v) is 13.2. The molecule has 0 spiro atoms. The fourth-order valence-corrected chi connectivity index (χ4v) is 10.7. The van der Waals surface area contributed by atoms with E-state index in [0.29, 0.717) is 25.7 Å². The summed E-state index contributed by atoms with van der Waals surface area (Å²) in [6, 6.07) is 0. The first-order valence-corrected chi connectivity index (χ1v) is 13.6. The number of fused-ring (bicyclic) bond motifs is 5. The number of ketones is 2. The molecule has 0 aromatic carbocycles. The van der Waals surface area contributed by atoms with E-state index in [0.717, 1.165) is 17.1 Å². The standard InChI is InChI=1S/C25H33FO4S2/c1-6-31-25(32-7-2)20(29)13-19-18-9-8-16-12-17(28)10-11-22(16,4)24(18,26)21(30-15(3)27)14-23(19,25)5/h10-12,18-19,21H,6-9,13-14H2,1-5H3/t18-,19-,21-,22-,23-,24?/m0/s1. The first kappa shape index (κ1) is 24.1. The summed E-state index contributed by atoms with van der Waals surface area (Å²) in [4.78, 5) is 37.9. The number of hydrogen-bond acceptors (Lipinski definition) is 6. The van der Waals surface area contributed by atoms with Crippen molar-refractivity contribution < 1.29 is 23.5 Å². The van der Waals surface area contributed by atoms with Gasteiger partial charge >= 0.3 is 5.97 Å². The zero-order chi connectivity index (χ0) is 23.5. The van der Waals surface area contributed by atoms with Crippen LogP contribution in [-0.2, 0) is 19.1 Å². The van der Waals surface area contributed by atoms with E-state index in [1.54, 1.807) is 35.7 Å². The molecule has 3 saturated carbocycles. The maximum Gasteiger partial charge on any atom is 0.303 e. The number of alkyl halides is 1. The molecule has 0 aliphatic heterocycles. The van der Waals surface area contributed by atoms with Crippen LogP contribution in [0.5, 0.6) is 0 Å². The first-order valence-electron chi connectivity index (χ1n) is 11.6. The summed E-state index contributed by atoms with van der Waals surface area (Å²) in [6.07, 6.45) is 5.53. The molecule has 1 unspecified atom stereocenters. The van der Waals surface area contributed by atoms with Gasteiger partial charge in [0.1, 0.15) is 10.2 Å². The van der Waals surface area contributed by atoms with Crippen LogP contribution in [-0.4, -0.2) is 44.9 Å². The van der Waals surface area contributed by atoms with Crippen molar-refractivity contribution >= 4 is 41.1 Å². The molecular weight excluding hydrogens is 447 g/mol. The average molecular weight is 481 g/mol. The highest BCUT2D eigenvalue weighted by atomic mass is 32.2. The molecule has 0 aromatic rings. The number of carbonyl (C=O) groups is 3. The molecule has 4 aliphatic rings. The Bertz CT molecular complexity index is 908. The van der Waals surface area contributed by atoms with Crippen LogP contribution in [0.3, 0.4) is 0 Å². The predicted octanol–water partition coefficient (Wildman–Crippen LogP) is 5.31. The van der Waals surface area contributed by atoms with E-state index in [-0.39, 0.29) is 17.5 Å². The Hall–Kier alpha value is -1.08. The van der Waals surface area contributed by atoms with Gasteiger partial charge in [-0.2, -0.15) is 0 Å². The predicted molar refractivity (Wildman–Crippen MR) is 127 cm³/mol. The van der Waals surface area contributed by atoms with Crippen molar-refractivity contribution in [2.75, 3.05) is 11.5 Å². The van der Waals surface area contributed by atoms with Crippen LogP contribution in [0.1, 0.15) is 60.3 Å². The van der Waals surface area contributed by atoms with Gasteiger partial charge in [-0.1, -0.05) is 32.4 Å². The number of thioether (sulfide) groups is 2. The normalized spacial score (nSPS) is 42.1. The van der Waals surface area contributed by atoms with Crippen molar-refractivity contribution in [3.05, 3.63) is 23.8 Å². The van der Waals surface area contributed by atoms with Crippen LogP contribution in [0.4, 0.5) is 4.39 Å². The molecule has 7 heteroatoms. The molecule has 4 rings (SSSR count). The van der Waals surface area contributed by atoms with Gasteiger partial charge in [0.15, 0.2) is 17.2 Å². The third-order valence-electron chi connectivity index (χ3n) is 8.53. The maximum absolute atomic E-state index is 17.6. The van der Waals surface area contributed by atoms with Crippen LogP contribution < -0.4 is 0 Å². The molecule has 6 atom stereocenters. The SMILES string of the molecule is CCSC1(SCC)C(=O)C[C@H]2[C@@H]3CCC4=CC(=O)C=C[C@]4(C)C3(F)[C@@H](OC(C)=O)C[C@@]21C. The van der Waals surface area contributed by atoms with Gasteiger partial charge in [-0.3, -0.25) is 14.4 Å². The van der Waals surface area contributed by atoms with Gasteiger partial charge in [0.2, 0.25) is 0 Å². The van der Waals surface area contributed by atoms with Crippen molar-refractivity contribution in [1.29, 1.82) is 0 Å². The van der Waals surface area contributed by atoms with E-state index in [1.807, 2.05) is 6.92 Å². The lowest BCUT2D eigenvalue weighted by atomic mass is 9.46. The molecule has 0 bridgehead atoms. The number of hydrogen-bond donors (Lipinski definition) is 0. The first-order chi connectivity index (χ1) is 15.0. The van der Waals surface area contributed by atoms with Crippen LogP contribution in [0.2, 0.25) is 0 Å². The number of Topliss-reactive ketones (excluding diaryl/α,β-unsaturated/α-hetero) is 1. The lowest BCUT2D eigenvalue weighted by Crippen LogP contribution is -2.68. The number of allylic oxidation sites excluding steroid dienone is 4. The van der Waals surface area contributed by atoms with E-state index < -0.39 is 38.6 Å². The highest BCUT2D eigenvalue weighted by molar-refractivity contribution is 8.19. The Labute approximate surface area is 198 Å². The number of esters is 1. The summed E-state index contributed by atoms with van der Waals surface area (Å²) in [5, 5.41) is 0. The van der Waals surface area contributed by atoms with Crippen molar-refractivity contribution in [2.24, 2.45) is 22.7 Å². The number of ether oxygens (including phenoxy) is 1. The quantitative estimate of drug-likeness (QED) is 0.393. The second-order valence-electron chi connectivity index (χ2n) is 9.96. The second kappa shape index (κ2) is 8.00. The smallest absolute Gasteiger partial charge is 0.303 e. The number of carbonyl (C=O) groups excluding carboxylic acids is 3. The molecule has 0 N–H and O–H groups in total. The van der Waals surface area contributed by atoms with Gasteiger partial charge in [0, 0.05) is 30.1 Å². The average Bonchev–Trinajstić information content (AvgIpc) is 2.91. The monoisotopic (exact) mass is 480 g/mol. The Morgan fingerprint density at radius 3 is 2.44 bits per heavy atom. The van der Waals surface area contributed by atoms with Gasteiger partial charge in [-0.25, -0.2) is 4.39 Å². The Morgan fingerprint density at radius 1 is 1.19 bits per heavy atom. The largest absolute Gasteiger partial charge is 0.459 e. The lowest BCUT2D eigenvalue weighted by Gasteiger charge is -2.63. The van der Waals surface area contributed by atoms with Crippen molar-refractivity contribution in [1.82, 2.24) is 0 Å². The van der Waals surface area contributed by atoms with Gasteiger partial charge < -0.3 is 4.74 Å². The van der Waals surface area contributed by atoms with E-state index >= 15 is 4.39 Å². The minimum atomic E-state index is -1.87. The fourth-order valence-electron chi connectivity index (χ4n) is 7.20. The number of halogens is 1. The van der Waals surface area contributed by atoms with Crippen molar-refractivity contribution in [3.63, 3.8) is 0 Å². The van der Waals surface area contributed by atoms with Crippen LogP contribution in [0.25, 0.3) is 0 Å². The molecular formula is C25H33FO4S2. The van der Waals surface area contributed by atoms with Gasteiger partial charge in [-0.05, 0) is 55.8 Å². The minimum Gasteiger partial charge on any atom is -0.459 e. The summed E-state index contributed by atoms with van der Waals surface area (Å²) in [7, 11) is 0. The zero-order valence-corrected chi connectivity index (χ0v) is 21.2. The third kappa shape index (κ3) is 2.98. The van der Waals surface area contributed by atoms with Gasteiger partial charge in [0.05, 0.1) is 0 Å². The summed E-state index contributed by atoms with van der Waals surface area (Å²) >= 11 is 3.33. The lowest BCUT2D eigenvalue weighted by molar-refractivity contribution is -0.209. The molecule has 4 nitrogen and oxygen atoms in total. The topological polar surface area (TPSA) is 60.4 Å². The summed E-state index contributed by atoms with van der Waals surface area (Å²) in [5.41, 5.74) is -2.62. The van der Waals surface area contributed by atoms with Crippen molar-refractivity contribution in [2.45, 2.75) is 76.2 Å². The van der Waals surface area contributed by atoms with Crippen LogP contribution >= 0.6 is 23.5 Å². The van der Waals surface area contributed by atoms with E-state index in [1.165, 1.54) is 13.0 Å². The van der Waals surface area contributed by atoms with Gasteiger partial charge in [0.25, 0.3) is 0 Å². The van der Waals surface area contributed by atoms with E-state index in [4.69, 9.17) is 4.74 Å². The molecule has 0 amide bonds. The molecule has 0 saturated heterocycles. The van der Waals surface area contributed by atoms with Gasteiger partial charge in [-0.15, -0.1) is 23.5 Å². The Morgan fingerprint density at radius 2 is 1.84 bits per heavy atom. The summed E-state index contributed by atoms with van der Waals surface area (Å²) < 4.78 is 22.8. The molecule has 32 heavy (non-hydrogen) atoms. The van der Waals surface area contributed by atoms with Crippen LogP contribution in [0.15, 0.2) is 23.8 Å². The summed E-state index contributed by atoms with van der Waals surface area (Å²) in [5.74, 6) is 0.582. The molecule has 0 radical (unpaired) electrons. The van der Waals surface area contributed by atoms with E-state index in [9.17, 15) is 14.4 Å². The molecule has 0 aromatic heterocycles. The third-order valence-corrected chi connectivity index (χ3v) is 12.0. The van der Waals surface area contributed by atoms with Crippen molar-refractivity contribution in [3.8, 4) is 0 Å². The highest BCUT2D eigenvalue weighted by Gasteiger charge is 2.76. The minimum absolute atomic E-state index is 0.127. The highest BCUT2D eigenvalue weighted by Crippen LogP contribution is 2.73. The molecule has 4 aliphatic carbocycles. The molecule has 0 heterocycles. The molecule has 176 valence electrons. The van der Waals surface area contributed by atoms with Crippen LogP contribution in [0, 0.1) is 22.7 Å².